The van der Waals surface area contributed by atoms with E-state index in [4.69, 9.17) is 8.83 Å². The Labute approximate surface area is 475 Å². The molecule has 0 radical (unpaired) electrons. The number of nitrogens with zero attached hydrogens (tertiary/aromatic N) is 2. The highest BCUT2D eigenvalue weighted by molar-refractivity contribution is 6.16. The van der Waals surface area contributed by atoms with E-state index < -0.39 is 5.41 Å². The highest BCUT2D eigenvalue weighted by atomic mass is 16.3. The first-order chi connectivity index (χ1) is 39.5. The van der Waals surface area contributed by atoms with Crippen molar-refractivity contribution >= 4 is 88.8 Å². The minimum Gasteiger partial charge on any atom is -0.454 e. The minimum atomic E-state index is -0.780. The van der Waals surface area contributed by atoms with Crippen molar-refractivity contribution in [3.05, 3.63) is 275 Å². The van der Waals surface area contributed by atoms with E-state index in [0.29, 0.717) is 23.7 Å². The van der Waals surface area contributed by atoms with Crippen LogP contribution in [0.5, 0.6) is 0 Å². The summed E-state index contributed by atoms with van der Waals surface area (Å²) in [6, 6.07) is 86.1. The van der Waals surface area contributed by atoms with Gasteiger partial charge in [0.1, 0.15) is 11.2 Å². The summed E-state index contributed by atoms with van der Waals surface area (Å²) in [5.74, 6) is 1.35. The fourth-order valence-electron chi connectivity index (χ4n) is 13.4. The van der Waals surface area contributed by atoms with Crippen LogP contribution < -0.4 is 9.80 Å². The Hall–Kier alpha value is -9.12. The van der Waals surface area contributed by atoms with E-state index in [1.807, 2.05) is 0 Å². The van der Waals surface area contributed by atoms with Crippen molar-refractivity contribution in [2.24, 2.45) is 0 Å². The fraction of sp³-hybridized carbons (Fsp3) is 0.169. The molecule has 0 saturated carbocycles. The van der Waals surface area contributed by atoms with E-state index in [1.54, 1.807) is 0 Å². The van der Waals surface area contributed by atoms with Crippen LogP contribution in [0.4, 0.5) is 34.1 Å². The normalized spacial score (nSPS) is 13.0. The third-order valence-corrected chi connectivity index (χ3v) is 17.4. The molecule has 14 rings (SSSR count). The first-order valence-electron chi connectivity index (χ1n) is 29.0. The summed E-state index contributed by atoms with van der Waals surface area (Å²) in [6.45, 7) is 18.0. The molecule has 2 heterocycles. The van der Waals surface area contributed by atoms with Crippen molar-refractivity contribution in [2.45, 2.75) is 84.5 Å². The Bertz CT molecular complexity index is 4480. The number of furan rings is 2. The van der Waals surface area contributed by atoms with Gasteiger partial charge < -0.3 is 18.6 Å². The fourth-order valence-corrected chi connectivity index (χ4v) is 13.4. The second-order valence-electron chi connectivity index (χ2n) is 23.5. The number of hydrogen-bond donors (Lipinski definition) is 0. The zero-order valence-electron chi connectivity index (χ0n) is 47.5. The summed E-state index contributed by atoms with van der Waals surface area (Å²) in [6.07, 6.45) is 0. The Morgan fingerprint density at radius 2 is 0.728 bits per heavy atom. The van der Waals surface area contributed by atoms with Gasteiger partial charge in [-0.05, 0) is 139 Å². The van der Waals surface area contributed by atoms with Gasteiger partial charge in [0.25, 0.3) is 0 Å². The second-order valence-corrected chi connectivity index (χ2v) is 23.5. The van der Waals surface area contributed by atoms with Gasteiger partial charge in [0.05, 0.1) is 22.5 Å². The highest BCUT2D eigenvalue weighted by Crippen LogP contribution is 2.61. The number of anilines is 6. The van der Waals surface area contributed by atoms with Crippen LogP contribution in [-0.4, -0.2) is 0 Å². The van der Waals surface area contributed by atoms with Gasteiger partial charge in [-0.2, -0.15) is 0 Å². The third kappa shape index (κ3) is 7.86. The van der Waals surface area contributed by atoms with Crippen LogP contribution in [0.15, 0.2) is 239 Å². The second kappa shape index (κ2) is 19.6. The first-order valence-corrected chi connectivity index (χ1v) is 29.0. The molecular weight excluding hydrogens is 985 g/mol. The van der Waals surface area contributed by atoms with Crippen LogP contribution in [0, 0.1) is 0 Å². The maximum Gasteiger partial charge on any atom is 0.159 e. The molecule has 2 aromatic heterocycles. The highest BCUT2D eigenvalue weighted by Gasteiger charge is 2.48. The minimum absolute atomic E-state index is 0.290. The van der Waals surface area contributed by atoms with E-state index in [9.17, 15) is 0 Å². The maximum atomic E-state index is 7.23. The topological polar surface area (TPSA) is 32.8 Å². The van der Waals surface area contributed by atoms with E-state index in [-0.39, 0.29) is 0 Å². The molecule has 4 nitrogen and oxygen atoms in total. The van der Waals surface area contributed by atoms with E-state index in [1.165, 1.54) is 61.0 Å². The average molecular weight is 1050 g/mol. The number of para-hydroxylation sites is 4. The quantitative estimate of drug-likeness (QED) is 0.122. The Balaban J connectivity index is 1.08. The zero-order valence-corrected chi connectivity index (χ0v) is 47.5. The number of rotatable bonds is 12. The Morgan fingerprint density at radius 3 is 1.22 bits per heavy atom. The molecular formula is C77H66N2O2. The van der Waals surface area contributed by atoms with E-state index >= 15 is 0 Å². The lowest BCUT2D eigenvalue weighted by Crippen LogP contribution is -2.29. The molecule has 0 amide bonds. The molecule has 0 saturated heterocycles. The van der Waals surface area contributed by atoms with Crippen molar-refractivity contribution in [3.63, 3.8) is 0 Å². The lowest BCUT2D eigenvalue weighted by Gasteiger charge is -2.36. The maximum absolute atomic E-state index is 7.23. The molecule has 0 N–H and O–H groups in total. The van der Waals surface area contributed by atoms with Gasteiger partial charge in [0.15, 0.2) is 11.2 Å². The predicted octanol–water partition coefficient (Wildman–Crippen LogP) is 22.4. The summed E-state index contributed by atoms with van der Waals surface area (Å²) in [5.41, 5.74) is 21.3. The number of fused-ring (bicyclic) bond motifs is 11. The van der Waals surface area contributed by atoms with E-state index in [0.717, 1.165) is 83.4 Å². The molecule has 396 valence electrons. The summed E-state index contributed by atoms with van der Waals surface area (Å²) < 4.78 is 14.4. The molecule has 0 fully saturated rings. The van der Waals surface area contributed by atoms with Gasteiger partial charge in [-0.3, -0.25) is 0 Å². The lowest BCUT2D eigenvalue weighted by atomic mass is 9.67. The number of benzene rings is 11. The predicted molar refractivity (Wildman–Crippen MR) is 342 cm³/mol. The van der Waals surface area contributed by atoms with Gasteiger partial charge >= 0.3 is 0 Å². The van der Waals surface area contributed by atoms with Crippen LogP contribution in [0.3, 0.4) is 0 Å². The van der Waals surface area contributed by atoms with Gasteiger partial charge in [-0.15, -0.1) is 0 Å². The van der Waals surface area contributed by atoms with Gasteiger partial charge in [0, 0.05) is 44.0 Å². The van der Waals surface area contributed by atoms with Gasteiger partial charge in [0.2, 0.25) is 0 Å². The van der Waals surface area contributed by atoms with Crippen molar-refractivity contribution in [3.8, 4) is 11.1 Å². The largest absolute Gasteiger partial charge is 0.454 e. The Kier molecular flexibility index (Phi) is 12.1. The number of hydrogen-bond acceptors (Lipinski definition) is 4. The van der Waals surface area contributed by atoms with Crippen molar-refractivity contribution in [1.29, 1.82) is 0 Å². The molecule has 0 aliphatic heterocycles. The Morgan fingerprint density at radius 1 is 0.309 bits per heavy atom. The molecule has 0 spiro atoms. The standard InChI is InChI=1S/C77H66N2O2/c1-47(2)51-35-39-55(40-36-51)78(69-33-19-31-64-62-29-17-27-58(49(5)6)73(62)80-75(64)69)57-43-44-66-67(45-57)77(53-21-11-9-12-22-53,54-23-13-10-14-24-54)68-46-71(60-25-15-16-26-61(60)72(66)68)79(56-41-37-52(38-42-56)48(3)4)70-34-20-32-65-63-30-18-28-59(50(7)8)74(63)81-76(65)70/h9-50H,1-8H3. The molecule has 0 unspecified atom stereocenters. The summed E-state index contributed by atoms with van der Waals surface area (Å²) >= 11 is 0. The van der Waals surface area contributed by atoms with Crippen LogP contribution in [0.25, 0.3) is 65.8 Å². The molecule has 1 aliphatic carbocycles. The SMILES string of the molecule is CC(C)c1ccc(N(c2ccc3c(c2)C(c2ccccc2)(c2ccccc2)c2cc(N(c4ccc(C(C)C)cc4)c4cccc5c4oc4c(C(C)C)cccc45)c4ccccc4c2-3)c2cccc3c2oc2c(C(C)C)cccc23)cc1. The van der Waals surface area contributed by atoms with E-state index in [2.05, 4.69) is 296 Å². The van der Waals surface area contributed by atoms with Gasteiger partial charge in [-0.1, -0.05) is 231 Å². The van der Waals surface area contributed by atoms with Crippen LogP contribution in [0.1, 0.15) is 124 Å². The third-order valence-electron chi connectivity index (χ3n) is 17.4. The average Bonchev–Trinajstić information content (AvgIpc) is 2.43. The van der Waals surface area contributed by atoms with Crippen LogP contribution >= 0.6 is 0 Å². The molecule has 4 heteroatoms. The molecule has 1 aliphatic rings. The molecule has 11 aromatic carbocycles. The molecule has 0 bridgehead atoms. The summed E-state index contributed by atoms with van der Waals surface area (Å²) in [7, 11) is 0. The molecule has 0 atom stereocenters. The zero-order chi connectivity index (χ0) is 55.3. The van der Waals surface area contributed by atoms with Crippen molar-refractivity contribution in [2.75, 3.05) is 9.80 Å². The first kappa shape index (κ1) is 50.1. The monoisotopic (exact) mass is 1050 g/mol. The van der Waals surface area contributed by atoms with Crippen LogP contribution in [-0.2, 0) is 5.41 Å². The summed E-state index contributed by atoms with van der Waals surface area (Å²) in [5, 5.41) is 6.80. The van der Waals surface area contributed by atoms with Crippen molar-refractivity contribution in [1.82, 2.24) is 0 Å². The van der Waals surface area contributed by atoms with Gasteiger partial charge in [-0.25, -0.2) is 0 Å². The smallest absolute Gasteiger partial charge is 0.159 e. The lowest BCUT2D eigenvalue weighted by molar-refractivity contribution is 0.657. The molecule has 13 aromatic rings. The molecule has 81 heavy (non-hydrogen) atoms. The summed E-state index contributed by atoms with van der Waals surface area (Å²) in [4.78, 5) is 4.90. The van der Waals surface area contributed by atoms with Crippen LogP contribution in [0.2, 0.25) is 0 Å². The van der Waals surface area contributed by atoms with Crippen molar-refractivity contribution < 1.29 is 8.83 Å².